The second-order valence-electron chi connectivity index (χ2n) is 2.82. The number of nitrogens with one attached hydrogen (secondary N) is 1. The highest BCUT2D eigenvalue weighted by Crippen LogP contribution is 2.16. The second kappa shape index (κ2) is 4.64. The number of rotatable bonds is 2. The van der Waals surface area contributed by atoms with Crippen LogP contribution in [-0.4, -0.2) is 11.8 Å². The van der Waals surface area contributed by atoms with E-state index in [1.54, 1.807) is 18.2 Å². The van der Waals surface area contributed by atoms with Crippen LogP contribution in [0.5, 0.6) is 0 Å². The Morgan fingerprint density at radius 2 is 2.36 bits per heavy atom. The molecule has 0 aliphatic heterocycles. The minimum Gasteiger partial charge on any atom is -0.325 e. The summed E-state index contributed by atoms with van der Waals surface area (Å²) in [5.41, 5.74) is 2.05. The van der Waals surface area contributed by atoms with Gasteiger partial charge in [0.05, 0.1) is 11.6 Å². The minimum absolute atomic E-state index is 0.0871. The van der Waals surface area contributed by atoms with Crippen molar-refractivity contribution in [1.82, 2.24) is 0 Å². The summed E-state index contributed by atoms with van der Waals surface area (Å²) in [6, 6.07) is 7.11. The first-order valence-electron chi connectivity index (χ1n) is 4.04. The van der Waals surface area contributed by atoms with E-state index in [2.05, 4.69) is 5.32 Å². The molecule has 4 heteroatoms. The summed E-state index contributed by atoms with van der Waals surface area (Å²) in [5, 5.41) is 11.3. The number of aryl methyl sites for hydroxylation is 1. The first-order chi connectivity index (χ1) is 6.67. The van der Waals surface area contributed by atoms with Gasteiger partial charge in [-0.15, -0.1) is 11.6 Å². The normalized spacial score (nSPS) is 9.21. The summed E-state index contributed by atoms with van der Waals surface area (Å²) < 4.78 is 0. The number of carbonyl (C=O) groups is 1. The Morgan fingerprint density at radius 1 is 1.64 bits per heavy atom. The molecule has 0 bridgehead atoms. The lowest BCUT2D eigenvalue weighted by Gasteiger charge is -2.06. The third-order valence-electron chi connectivity index (χ3n) is 1.76. The topological polar surface area (TPSA) is 52.9 Å². The Morgan fingerprint density at radius 3 is 2.93 bits per heavy atom. The molecule has 72 valence electrons. The fourth-order valence-electron chi connectivity index (χ4n) is 1.01. The molecule has 0 aliphatic rings. The van der Waals surface area contributed by atoms with Crippen LogP contribution >= 0.6 is 11.6 Å². The van der Waals surface area contributed by atoms with Crippen molar-refractivity contribution in [3.63, 3.8) is 0 Å². The number of anilines is 1. The molecule has 0 aromatic heterocycles. The number of nitrogens with zero attached hydrogens (tertiary/aromatic N) is 1. The number of hydrogen-bond donors (Lipinski definition) is 1. The smallest absolute Gasteiger partial charge is 0.239 e. The molecule has 0 fully saturated rings. The van der Waals surface area contributed by atoms with E-state index in [4.69, 9.17) is 16.9 Å². The summed E-state index contributed by atoms with van der Waals surface area (Å²) in [6.07, 6.45) is 0. The lowest BCUT2D eigenvalue weighted by Crippen LogP contribution is -2.13. The first kappa shape index (κ1) is 10.6. The average Bonchev–Trinajstić information content (AvgIpc) is 2.21. The van der Waals surface area contributed by atoms with Gasteiger partial charge in [0.1, 0.15) is 5.88 Å². The highest BCUT2D eigenvalue weighted by atomic mass is 35.5. The summed E-state index contributed by atoms with van der Waals surface area (Å²) in [7, 11) is 0. The maximum atomic E-state index is 11.0. The van der Waals surface area contributed by atoms with Gasteiger partial charge in [-0.05, 0) is 24.6 Å². The Balaban J connectivity index is 2.96. The van der Waals surface area contributed by atoms with Crippen LogP contribution < -0.4 is 5.32 Å². The molecule has 0 atom stereocenters. The average molecular weight is 209 g/mol. The maximum absolute atomic E-state index is 11.0. The third-order valence-corrected chi connectivity index (χ3v) is 2.00. The van der Waals surface area contributed by atoms with E-state index >= 15 is 0 Å². The van der Waals surface area contributed by atoms with Gasteiger partial charge < -0.3 is 5.32 Å². The lowest BCUT2D eigenvalue weighted by molar-refractivity contribution is -0.113. The predicted octanol–water partition coefficient (Wildman–Crippen LogP) is 2.04. The van der Waals surface area contributed by atoms with Crippen LogP contribution in [0.15, 0.2) is 18.2 Å². The van der Waals surface area contributed by atoms with Crippen molar-refractivity contribution in [1.29, 1.82) is 5.26 Å². The molecule has 0 spiro atoms. The Kier molecular flexibility index (Phi) is 3.49. The van der Waals surface area contributed by atoms with Gasteiger partial charge in [0.25, 0.3) is 0 Å². The first-order valence-corrected chi connectivity index (χ1v) is 4.57. The van der Waals surface area contributed by atoms with Crippen LogP contribution in [-0.2, 0) is 4.79 Å². The van der Waals surface area contributed by atoms with Gasteiger partial charge in [-0.3, -0.25) is 4.79 Å². The molecule has 0 heterocycles. The lowest BCUT2D eigenvalue weighted by atomic mass is 10.1. The highest BCUT2D eigenvalue weighted by Gasteiger charge is 2.03. The molecule has 1 rings (SSSR count). The fraction of sp³-hybridized carbons (Fsp3) is 0.200. The molecule has 1 amide bonds. The predicted molar refractivity (Wildman–Crippen MR) is 55.2 cm³/mol. The molecule has 0 aliphatic carbocycles. The van der Waals surface area contributed by atoms with Crippen LogP contribution in [0.3, 0.4) is 0 Å². The zero-order valence-electron chi connectivity index (χ0n) is 7.67. The van der Waals surface area contributed by atoms with E-state index in [0.29, 0.717) is 11.3 Å². The highest BCUT2D eigenvalue weighted by molar-refractivity contribution is 6.29. The quantitative estimate of drug-likeness (QED) is 0.757. The van der Waals surface area contributed by atoms with E-state index < -0.39 is 0 Å². The molecule has 14 heavy (non-hydrogen) atoms. The monoisotopic (exact) mass is 208 g/mol. The number of alkyl halides is 1. The number of halogens is 1. The van der Waals surface area contributed by atoms with E-state index in [0.717, 1.165) is 5.56 Å². The van der Waals surface area contributed by atoms with Crippen LogP contribution in [0.1, 0.15) is 11.1 Å². The number of amides is 1. The summed E-state index contributed by atoms with van der Waals surface area (Å²) in [6.45, 7) is 1.85. The molecule has 0 saturated carbocycles. The largest absolute Gasteiger partial charge is 0.325 e. The van der Waals surface area contributed by atoms with Crippen molar-refractivity contribution >= 4 is 23.2 Å². The fourth-order valence-corrected chi connectivity index (χ4v) is 1.08. The van der Waals surface area contributed by atoms with E-state index in [9.17, 15) is 4.79 Å². The molecule has 1 aromatic rings. The molecule has 1 aromatic carbocycles. The molecular weight excluding hydrogens is 200 g/mol. The van der Waals surface area contributed by atoms with Gasteiger partial charge in [0.15, 0.2) is 0 Å². The second-order valence-corrected chi connectivity index (χ2v) is 3.09. The van der Waals surface area contributed by atoms with Crippen molar-refractivity contribution in [2.24, 2.45) is 0 Å². The molecule has 0 saturated heterocycles. The Hall–Kier alpha value is -1.53. The Bertz CT molecular complexity index is 396. The van der Waals surface area contributed by atoms with Crippen molar-refractivity contribution in [2.45, 2.75) is 6.92 Å². The van der Waals surface area contributed by atoms with Gasteiger partial charge in [-0.1, -0.05) is 6.07 Å². The molecule has 1 N–H and O–H groups in total. The maximum Gasteiger partial charge on any atom is 0.239 e. The Labute approximate surface area is 87.3 Å². The zero-order valence-corrected chi connectivity index (χ0v) is 8.43. The molecular formula is C10H9ClN2O. The van der Waals surface area contributed by atoms with E-state index in [-0.39, 0.29) is 11.8 Å². The van der Waals surface area contributed by atoms with Gasteiger partial charge >= 0.3 is 0 Å². The van der Waals surface area contributed by atoms with Gasteiger partial charge in [0, 0.05) is 5.69 Å². The van der Waals surface area contributed by atoms with Crippen molar-refractivity contribution in [3.05, 3.63) is 29.3 Å². The number of carbonyl (C=O) groups excluding carboxylic acids is 1. The number of benzene rings is 1. The van der Waals surface area contributed by atoms with Crippen molar-refractivity contribution in [2.75, 3.05) is 11.2 Å². The zero-order chi connectivity index (χ0) is 10.6. The summed E-state index contributed by atoms with van der Waals surface area (Å²) in [5.74, 6) is -0.360. The van der Waals surface area contributed by atoms with Crippen LogP contribution in [0.2, 0.25) is 0 Å². The number of nitriles is 1. The van der Waals surface area contributed by atoms with Gasteiger partial charge in [-0.25, -0.2) is 0 Å². The van der Waals surface area contributed by atoms with E-state index in [1.165, 1.54) is 0 Å². The van der Waals surface area contributed by atoms with Gasteiger partial charge in [0.2, 0.25) is 5.91 Å². The third kappa shape index (κ3) is 2.48. The SMILES string of the molecule is Cc1ccc(C#N)cc1NC(=O)CCl. The van der Waals surface area contributed by atoms with E-state index in [1.807, 2.05) is 13.0 Å². The van der Waals surface area contributed by atoms with Crippen molar-refractivity contribution in [3.8, 4) is 6.07 Å². The molecule has 0 radical (unpaired) electrons. The standard InChI is InChI=1S/C10H9ClN2O/c1-7-2-3-8(6-12)4-9(7)13-10(14)5-11/h2-4H,5H2,1H3,(H,13,14). The van der Waals surface area contributed by atoms with Crippen LogP contribution in [0, 0.1) is 18.3 Å². The summed E-state index contributed by atoms with van der Waals surface area (Å²) in [4.78, 5) is 11.0. The van der Waals surface area contributed by atoms with Crippen LogP contribution in [0.25, 0.3) is 0 Å². The number of hydrogen-bond acceptors (Lipinski definition) is 2. The van der Waals surface area contributed by atoms with Crippen molar-refractivity contribution < 1.29 is 4.79 Å². The van der Waals surface area contributed by atoms with Crippen LogP contribution in [0.4, 0.5) is 5.69 Å². The molecule has 3 nitrogen and oxygen atoms in total. The summed E-state index contributed by atoms with van der Waals surface area (Å²) >= 11 is 5.35. The van der Waals surface area contributed by atoms with Gasteiger partial charge in [-0.2, -0.15) is 5.26 Å². The molecule has 0 unspecified atom stereocenters. The minimum atomic E-state index is -0.273.